The smallest absolute Gasteiger partial charge is 0.251 e. The van der Waals surface area contributed by atoms with Crippen molar-refractivity contribution in [3.63, 3.8) is 0 Å². The molecule has 1 spiro atoms. The fourth-order valence-corrected chi connectivity index (χ4v) is 4.66. The summed E-state index contributed by atoms with van der Waals surface area (Å²) in [6.45, 7) is -0.472. The quantitative estimate of drug-likeness (QED) is 0.778. The Hall–Kier alpha value is -3.09. The van der Waals surface area contributed by atoms with Gasteiger partial charge in [0.1, 0.15) is 6.07 Å². The average molecular weight is 413 g/mol. The van der Waals surface area contributed by atoms with Crippen molar-refractivity contribution in [3.05, 3.63) is 48.0 Å². The molecule has 0 aromatic heterocycles. The number of anilines is 1. The zero-order chi connectivity index (χ0) is 20.5. The maximum absolute atomic E-state index is 12.4. The van der Waals surface area contributed by atoms with Crippen molar-refractivity contribution in [2.45, 2.75) is 36.4 Å². The van der Waals surface area contributed by atoms with Crippen LogP contribution in [0, 0.1) is 11.3 Å². The minimum Gasteiger partial charge on any atom is -0.448 e. The Balaban J connectivity index is 1.39. The van der Waals surface area contributed by atoms with Gasteiger partial charge in [-0.05, 0) is 37.1 Å². The Labute approximate surface area is 168 Å². The minimum absolute atomic E-state index is 0.0111. The number of amides is 1. The summed E-state index contributed by atoms with van der Waals surface area (Å²) in [4.78, 5) is 12.1. The fraction of sp³-hybridized carbons (Fsp3) is 0.300. The maximum Gasteiger partial charge on any atom is 0.251 e. The molecule has 1 fully saturated rings. The summed E-state index contributed by atoms with van der Waals surface area (Å²) in [6.07, 6.45) is 3.75. The average Bonchev–Trinajstić information content (AvgIpc) is 3.32. The maximum atomic E-state index is 12.4. The molecule has 2 aliphatic rings. The van der Waals surface area contributed by atoms with Crippen LogP contribution in [-0.4, -0.2) is 26.7 Å². The molecule has 0 unspecified atom stereocenters. The number of carbonyl (C=O) groups is 1. The van der Waals surface area contributed by atoms with Crippen LogP contribution in [0.25, 0.3) is 0 Å². The second-order valence-corrected chi connectivity index (χ2v) is 8.70. The number of nitrogens with one attached hydrogen (secondary N) is 2. The highest BCUT2D eigenvalue weighted by Crippen LogP contribution is 2.47. The van der Waals surface area contributed by atoms with Gasteiger partial charge in [0.25, 0.3) is 5.79 Å². The molecule has 4 rings (SSSR count). The van der Waals surface area contributed by atoms with Gasteiger partial charge in [0, 0.05) is 24.6 Å². The summed E-state index contributed by atoms with van der Waals surface area (Å²) < 4.78 is 38.9. The number of fused-ring (bicyclic) bond motifs is 1. The first kappa shape index (κ1) is 19.2. The van der Waals surface area contributed by atoms with Crippen LogP contribution in [0.5, 0.6) is 11.5 Å². The van der Waals surface area contributed by atoms with Gasteiger partial charge < -0.3 is 14.8 Å². The Bertz CT molecular complexity index is 1100. The molecule has 2 aromatic rings. The van der Waals surface area contributed by atoms with Gasteiger partial charge in [0.2, 0.25) is 15.9 Å². The lowest BCUT2D eigenvalue weighted by Gasteiger charge is -2.21. The first-order valence-electron chi connectivity index (χ1n) is 9.22. The molecule has 1 aliphatic carbocycles. The highest BCUT2D eigenvalue weighted by Gasteiger charge is 2.44. The van der Waals surface area contributed by atoms with E-state index in [0.717, 1.165) is 25.7 Å². The molecule has 29 heavy (non-hydrogen) atoms. The van der Waals surface area contributed by atoms with E-state index in [1.165, 1.54) is 18.2 Å². The molecular weight excluding hydrogens is 394 g/mol. The SMILES string of the molecule is N#Cc1ccccc1S(=O)(=O)NCC(=O)Nc1ccc2c(c1)OC1(CCCC1)O2. The molecule has 1 heterocycles. The van der Waals surface area contributed by atoms with Crippen molar-refractivity contribution >= 4 is 21.6 Å². The van der Waals surface area contributed by atoms with Crippen LogP contribution in [0.1, 0.15) is 31.2 Å². The molecule has 2 N–H and O–H groups in total. The highest BCUT2D eigenvalue weighted by molar-refractivity contribution is 7.89. The molecule has 0 saturated heterocycles. The van der Waals surface area contributed by atoms with Crippen molar-refractivity contribution in [3.8, 4) is 17.6 Å². The van der Waals surface area contributed by atoms with Crippen LogP contribution in [0.15, 0.2) is 47.4 Å². The van der Waals surface area contributed by atoms with Gasteiger partial charge in [-0.25, -0.2) is 13.1 Å². The molecule has 9 heteroatoms. The van der Waals surface area contributed by atoms with E-state index in [0.29, 0.717) is 17.2 Å². The standard InChI is InChI=1S/C20H19N3O5S/c21-12-14-5-1-2-6-18(14)29(25,26)22-13-19(24)23-15-7-8-16-17(11-15)28-20(27-16)9-3-4-10-20/h1-2,5-8,11,22H,3-4,9-10,13H2,(H,23,24). The predicted octanol–water partition coefficient (Wildman–Crippen LogP) is 2.52. The summed E-state index contributed by atoms with van der Waals surface area (Å²) in [6, 6.07) is 12.7. The Morgan fingerprint density at radius 3 is 2.59 bits per heavy atom. The first-order chi connectivity index (χ1) is 13.9. The second-order valence-electron chi connectivity index (χ2n) is 6.96. The van der Waals surface area contributed by atoms with Crippen molar-refractivity contribution < 1.29 is 22.7 Å². The van der Waals surface area contributed by atoms with Gasteiger partial charge >= 0.3 is 0 Å². The van der Waals surface area contributed by atoms with Crippen LogP contribution in [0.2, 0.25) is 0 Å². The third-order valence-electron chi connectivity index (χ3n) is 4.90. The molecule has 2 aromatic carbocycles. The summed E-state index contributed by atoms with van der Waals surface area (Å²) in [5, 5.41) is 11.7. The molecule has 1 amide bonds. The fourth-order valence-electron chi connectivity index (χ4n) is 3.53. The first-order valence-corrected chi connectivity index (χ1v) is 10.7. The lowest BCUT2D eigenvalue weighted by molar-refractivity contribution is -0.115. The zero-order valence-electron chi connectivity index (χ0n) is 15.5. The van der Waals surface area contributed by atoms with Crippen LogP contribution in [-0.2, 0) is 14.8 Å². The van der Waals surface area contributed by atoms with Gasteiger partial charge in [-0.2, -0.15) is 5.26 Å². The van der Waals surface area contributed by atoms with Crippen LogP contribution in [0.4, 0.5) is 5.69 Å². The van der Waals surface area contributed by atoms with Gasteiger partial charge in [-0.15, -0.1) is 0 Å². The third kappa shape index (κ3) is 3.90. The lowest BCUT2D eigenvalue weighted by atomic mass is 10.2. The number of ether oxygens (including phenoxy) is 2. The number of carbonyl (C=O) groups excluding carboxylic acids is 1. The molecule has 1 aliphatic heterocycles. The second kappa shape index (κ2) is 7.39. The van der Waals surface area contributed by atoms with E-state index in [1.54, 1.807) is 24.3 Å². The topological polar surface area (TPSA) is 118 Å². The van der Waals surface area contributed by atoms with E-state index in [9.17, 15) is 13.2 Å². The van der Waals surface area contributed by atoms with E-state index in [-0.39, 0.29) is 10.5 Å². The van der Waals surface area contributed by atoms with Crippen LogP contribution >= 0.6 is 0 Å². The Morgan fingerprint density at radius 1 is 1.10 bits per heavy atom. The van der Waals surface area contributed by atoms with E-state index >= 15 is 0 Å². The van der Waals surface area contributed by atoms with Gasteiger partial charge in [0.05, 0.1) is 17.0 Å². The van der Waals surface area contributed by atoms with E-state index in [4.69, 9.17) is 14.7 Å². The number of rotatable bonds is 5. The van der Waals surface area contributed by atoms with E-state index in [1.807, 2.05) is 6.07 Å². The van der Waals surface area contributed by atoms with Gasteiger partial charge in [-0.3, -0.25) is 4.79 Å². The normalized spacial score (nSPS) is 16.5. The van der Waals surface area contributed by atoms with Crippen molar-refractivity contribution in [2.24, 2.45) is 0 Å². The van der Waals surface area contributed by atoms with Crippen molar-refractivity contribution in [2.75, 3.05) is 11.9 Å². The summed E-state index contributed by atoms with van der Waals surface area (Å²) >= 11 is 0. The third-order valence-corrected chi connectivity index (χ3v) is 6.36. The molecule has 150 valence electrons. The van der Waals surface area contributed by atoms with Crippen LogP contribution < -0.4 is 19.5 Å². The van der Waals surface area contributed by atoms with E-state index < -0.39 is 28.3 Å². The van der Waals surface area contributed by atoms with E-state index in [2.05, 4.69) is 10.0 Å². The summed E-state index contributed by atoms with van der Waals surface area (Å²) in [5.41, 5.74) is 0.487. The molecular formula is C20H19N3O5S. The number of hydrogen-bond donors (Lipinski definition) is 2. The molecule has 0 radical (unpaired) electrons. The predicted molar refractivity (Wildman–Crippen MR) is 104 cm³/mol. The number of nitriles is 1. The van der Waals surface area contributed by atoms with Gasteiger partial charge in [0.15, 0.2) is 11.5 Å². The Kier molecular flexibility index (Phi) is 4.90. The number of benzene rings is 2. The molecule has 0 bridgehead atoms. The van der Waals surface area contributed by atoms with Crippen molar-refractivity contribution in [1.29, 1.82) is 5.26 Å². The number of sulfonamides is 1. The Morgan fingerprint density at radius 2 is 1.83 bits per heavy atom. The minimum atomic E-state index is -3.99. The van der Waals surface area contributed by atoms with Gasteiger partial charge in [-0.1, -0.05) is 12.1 Å². The molecule has 0 atom stereocenters. The lowest BCUT2D eigenvalue weighted by Crippen LogP contribution is -2.34. The molecule has 1 saturated carbocycles. The molecule has 8 nitrogen and oxygen atoms in total. The summed E-state index contributed by atoms with van der Waals surface area (Å²) in [5.74, 6) is 0.0683. The summed E-state index contributed by atoms with van der Waals surface area (Å²) in [7, 11) is -3.99. The largest absolute Gasteiger partial charge is 0.448 e. The number of hydrogen-bond acceptors (Lipinski definition) is 6. The zero-order valence-corrected chi connectivity index (χ0v) is 16.3. The number of nitrogens with zero attached hydrogens (tertiary/aromatic N) is 1. The van der Waals surface area contributed by atoms with Crippen LogP contribution in [0.3, 0.4) is 0 Å². The monoisotopic (exact) mass is 413 g/mol. The van der Waals surface area contributed by atoms with Crippen molar-refractivity contribution in [1.82, 2.24) is 4.72 Å². The highest BCUT2D eigenvalue weighted by atomic mass is 32.2.